The van der Waals surface area contributed by atoms with Crippen LogP contribution in [0.15, 0.2) is 18.2 Å². The Kier molecular flexibility index (Phi) is 3.42. The number of hydrogen-bond donors (Lipinski definition) is 0. The molecule has 1 aromatic rings. The SMILES string of the molecule is Cc1ccc(C)c(C(=O)CN2CC3CCC(C2)O3)c1. The predicted octanol–water partition coefficient (Wildman–Crippen LogP) is 2.35. The number of aryl methyl sites for hydroxylation is 2. The molecule has 0 amide bonds. The third-order valence-electron chi connectivity index (χ3n) is 4.18. The smallest absolute Gasteiger partial charge is 0.177 e. The van der Waals surface area contributed by atoms with Gasteiger partial charge in [0.2, 0.25) is 0 Å². The van der Waals surface area contributed by atoms with Crippen molar-refractivity contribution in [3.8, 4) is 0 Å². The summed E-state index contributed by atoms with van der Waals surface area (Å²) in [5.74, 6) is 0.238. The summed E-state index contributed by atoms with van der Waals surface area (Å²) in [5.41, 5.74) is 3.10. The third-order valence-corrected chi connectivity index (χ3v) is 4.18. The molecule has 0 saturated carbocycles. The van der Waals surface area contributed by atoms with Gasteiger partial charge in [0.1, 0.15) is 0 Å². The third kappa shape index (κ3) is 2.72. The summed E-state index contributed by atoms with van der Waals surface area (Å²) < 4.78 is 5.80. The number of nitrogens with zero attached hydrogens (tertiary/aromatic N) is 1. The maximum absolute atomic E-state index is 12.4. The summed E-state index contributed by atoms with van der Waals surface area (Å²) >= 11 is 0. The maximum Gasteiger partial charge on any atom is 0.177 e. The van der Waals surface area contributed by atoms with E-state index in [4.69, 9.17) is 4.74 Å². The van der Waals surface area contributed by atoms with Crippen LogP contribution in [0, 0.1) is 13.8 Å². The fraction of sp³-hybridized carbons (Fsp3) is 0.562. The molecular weight excluding hydrogens is 238 g/mol. The van der Waals surface area contributed by atoms with Crippen molar-refractivity contribution in [1.82, 2.24) is 4.90 Å². The van der Waals surface area contributed by atoms with Crippen LogP contribution in [0.25, 0.3) is 0 Å². The van der Waals surface area contributed by atoms with Crippen LogP contribution in [0.1, 0.15) is 34.3 Å². The summed E-state index contributed by atoms with van der Waals surface area (Å²) in [6.07, 6.45) is 3.01. The van der Waals surface area contributed by atoms with Crippen LogP contribution in [0.2, 0.25) is 0 Å². The van der Waals surface area contributed by atoms with Crippen LogP contribution in [0.4, 0.5) is 0 Å². The summed E-state index contributed by atoms with van der Waals surface area (Å²) in [6.45, 7) is 6.39. The lowest BCUT2D eigenvalue weighted by atomic mass is 10.0. The van der Waals surface area contributed by atoms with E-state index in [1.165, 1.54) is 0 Å². The van der Waals surface area contributed by atoms with Gasteiger partial charge in [-0.2, -0.15) is 0 Å². The molecule has 19 heavy (non-hydrogen) atoms. The fourth-order valence-electron chi connectivity index (χ4n) is 3.15. The number of fused-ring (bicyclic) bond motifs is 2. The number of rotatable bonds is 3. The normalized spacial score (nSPS) is 26.6. The molecule has 2 bridgehead atoms. The highest BCUT2D eigenvalue weighted by Gasteiger charge is 2.34. The zero-order valence-corrected chi connectivity index (χ0v) is 11.7. The van der Waals surface area contributed by atoms with E-state index in [-0.39, 0.29) is 5.78 Å². The Morgan fingerprint density at radius 1 is 1.26 bits per heavy atom. The first kappa shape index (κ1) is 12.8. The van der Waals surface area contributed by atoms with E-state index in [1.54, 1.807) is 0 Å². The minimum atomic E-state index is 0.238. The molecule has 102 valence electrons. The molecule has 2 aliphatic heterocycles. The molecule has 2 atom stereocenters. The van der Waals surface area contributed by atoms with Crippen molar-refractivity contribution in [1.29, 1.82) is 0 Å². The van der Waals surface area contributed by atoms with Gasteiger partial charge in [0.25, 0.3) is 0 Å². The number of ketones is 1. The first-order chi connectivity index (χ1) is 9.11. The minimum Gasteiger partial charge on any atom is -0.372 e. The van der Waals surface area contributed by atoms with E-state index in [1.807, 2.05) is 26.0 Å². The largest absolute Gasteiger partial charge is 0.372 e. The molecule has 2 unspecified atom stereocenters. The summed E-state index contributed by atoms with van der Waals surface area (Å²) in [6, 6.07) is 6.10. The molecule has 2 fully saturated rings. The van der Waals surface area contributed by atoms with Gasteiger partial charge in [-0.1, -0.05) is 17.7 Å². The molecule has 2 aliphatic rings. The number of morpholine rings is 1. The Morgan fingerprint density at radius 3 is 2.63 bits per heavy atom. The molecule has 0 spiro atoms. The van der Waals surface area contributed by atoms with Crippen molar-refractivity contribution in [3.63, 3.8) is 0 Å². The molecule has 0 aromatic heterocycles. The molecule has 2 heterocycles. The van der Waals surface area contributed by atoms with Crippen LogP contribution in [-0.2, 0) is 4.74 Å². The van der Waals surface area contributed by atoms with Gasteiger partial charge in [0, 0.05) is 18.7 Å². The quantitative estimate of drug-likeness (QED) is 0.780. The number of benzene rings is 1. The standard InChI is InChI=1S/C16H21NO2/c1-11-3-4-12(2)15(7-11)16(18)10-17-8-13-5-6-14(9-17)19-13/h3-4,7,13-14H,5-6,8-10H2,1-2H3. The van der Waals surface area contributed by atoms with Gasteiger partial charge in [-0.05, 0) is 38.3 Å². The van der Waals surface area contributed by atoms with Crippen molar-refractivity contribution >= 4 is 5.78 Å². The lowest BCUT2D eigenvalue weighted by Crippen LogP contribution is -2.44. The zero-order valence-electron chi connectivity index (χ0n) is 11.7. The highest BCUT2D eigenvalue weighted by Crippen LogP contribution is 2.26. The minimum absolute atomic E-state index is 0.238. The summed E-state index contributed by atoms with van der Waals surface area (Å²) in [5, 5.41) is 0. The highest BCUT2D eigenvalue weighted by atomic mass is 16.5. The molecular formula is C16H21NO2. The van der Waals surface area contributed by atoms with E-state index in [0.29, 0.717) is 18.8 Å². The van der Waals surface area contributed by atoms with Crippen molar-refractivity contribution in [2.24, 2.45) is 0 Å². The fourth-order valence-corrected chi connectivity index (χ4v) is 3.15. The van der Waals surface area contributed by atoms with Crippen molar-refractivity contribution < 1.29 is 9.53 Å². The first-order valence-corrected chi connectivity index (χ1v) is 7.10. The van der Waals surface area contributed by atoms with Gasteiger partial charge in [-0.15, -0.1) is 0 Å². The number of carbonyl (C=O) groups excluding carboxylic acids is 1. The van der Waals surface area contributed by atoms with E-state index >= 15 is 0 Å². The first-order valence-electron chi connectivity index (χ1n) is 7.10. The van der Waals surface area contributed by atoms with Gasteiger partial charge in [-0.3, -0.25) is 9.69 Å². The molecule has 0 radical (unpaired) electrons. The molecule has 2 saturated heterocycles. The molecule has 0 aliphatic carbocycles. The van der Waals surface area contributed by atoms with Crippen molar-refractivity contribution in [3.05, 3.63) is 34.9 Å². The van der Waals surface area contributed by atoms with Gasteiger partial charge >= 0.3 is 0 Å². The van der Waals surface area contributed by atoms with E-state index in [2.05, 4.69) is 11.0 Å². The predicted molar refractivity (Wildman–Crippen MR) is 74.6 cm³/mol. The van der Waals surface area contributed by atoms with Gasteiger partial charge in [-0.25, -0.2) is 0 Å². The lowest BCUT2D eigenvalue weighted by Gasteiger charge is -2.31. The van der Waals surface area contributed by atoms with Crippen molar-refractivity contribution in [2.75, 3.05) is 19.6 Å². The lowest BCUT2D eigenvalue weighted by molar-refractivity contribution is -0.0355. The molecule has 1 aromatic carbocycles. The number of likely N-dealkylation sites (tertiary alicyclic amines) is 1. The van der Waals surface area contributed by atoms with Crippen LogP contribution in [0.5, 0.6) is 0 Å². The van der Waals surface area contributed by atoms with E-state index < -0.39 is 0 Å². The monoisotopic (exact) mass is 259 g/mol. The second kappa shape index (κ2) is 5.06. The Morgan fingerprint density at radius 2 is 1.95 bits per heavy atom. The average Bonchev–Trinajstić information content (AvgIpc) is 2.71. The molecule has 3 nitrogen and oxygen atoms in total. The number of carbonyl (C=O) groups is 1. The molecule has 3 heteroatoms. The Labute approximate surface area is 114 Å². The molecule has 3 rings (SSSR count). The second-order valence-corrected chi connectivity index (χ2v) is 5.89. The van der Waals surface area contributed by atoms with Crippen LogP contribution < -0.4 is 0 Å². The second-order valence-electron chi connectivity index (χ2n) is 5.89. The Balaban J connectivity index is 1.69. The van der Waals surface area contributed by atoms with Crippen molar-refractivity contribution in [2.45, 2.75) is 38.9 Å². The Hall–Kier alpha value is -1.19. The van der Waals surface area contributed by atoms with E-state index in [0.717, 1.165) is 42.6 Å². The van der Waals surface area contributed by atoms with Crippen LogP contribution in [-0.4, -0.2) is 42.5 Å². The van der Waals surface area contributed by atoms with Crippen LogP contribution >= 0.6 is 0 Å². The number of Topliss-reactive ketones (excluding diaryl/α,β-unsaturated/α-hetero) is 1. The zero-order chi connectivity index (χ0) is 13.4. The Bertz CT molecular complexity index is 486. The number of ether oxygens (including phenoxy) is 1. The maximum atomic E-state index is 12.4. The summed E-state index contributed by atoms with van der Waals surface area (Å²) in [7, 11) is 0. The average molecular weight is 259 g/mol. The van der Waals surface area contributed by atoms with Gasteiger partial charge < -0.3 is 4.74 Å². The number of hydrogen-bond acceptors (Lipinski definition) is 3. The topological polar surface area (TPSA) is 29.5 Å². The molecule has 0 N–H and O–H groups in total. The summed E-state index contributed by atoms with van der Waals surface area (Å²) in [4.78, 5) is 14.7. The van der Waals surface area contributed by atoms with Crippen LogP contribution in [0.3, 0.4) is 0 Å². The van der Waals surface area contributed by atoms with Gasteiger partial charge in [0.15, 0.2) is 5.78 Å². The van der Waals surface area contributed by atoms with Gasteiger partial charge in [0.05, 0.1) is 18.8 Å². The van der Waals surface area contributed by atoms with E-state index in [9.17, 15) is 4.79 Å². The highest BCUT2D eigenvalue weighted by molar-refractivity contribution is 5.99.